The Balaban J connectivity index is 1.94. The molecule has 0 radical (unpaired) electrons. The first-order chi connectivity index (χ1) is 10.2. The molecule has 2 rings (SSSR count). The van der Waals surface area contributed by atoms with Crippen molar-refractivity contribution in [3.05, 3.63) is 0 Å². The van der Waals surface area contributed by atoms with E-state index >= 15 is 0 Å². The normalized spacial score (nSPS) is 30.4. The molecule has 0 aromatic heterocycles. The summed E-state index contributed by atoms with van der Waals surface area (Å²) in [6, 6.07) is 1.31. The van der Waals surface area contributed by atoms with E-state index in [1.165, 1.54) is 51.5 Å². The minimum absolute atomic E-state index is 0.394. The van der Waals surface area contributed by atoms with Gasteiger partial charge < -0.3 is 10.1 Å². The van der Waals surface area contributed by atoms with Gasteiger partial charge in [-0.05, 0) is 45.1 Å². The third-order valence-electron chi connectivity index (χ3n) is 5.36. The Kier molecular flexibility index (Phi) is 7.48. The monoisotopic (exact) mass is 296 g/mol. The summed E-state index contributed by atoms with van der Waals surface area (Å²) in [6.45, 7) is 11.2. The van der Waals surface area contributed by atoms with Crippen LogP contribution in [0.3, 0.4) is 0 Å². The highest BCUT2D eigenvalue weighted by molar-refractivity contribution is 4.86. The van der Waals surface area contributed by atoms with Crippen LogP contribution in [0, 0.1) is 5.92 Å². The molecule has 2 fully saturated rings. The van der Waals surface area contributed by atoms with E-state index < -0.39 is 0 Å². The first kappa shape index (κ1) is 17.2. The number of morpholine rings is 1. The summed E-state index contributed by atoms with van der Waals surface area (Å²) in [5, 5.41) is 3.86. The summed E-state index contributed by atoms with van der Waals surface area (Å²) in [5.41, 5.74) is 0. The van der Waals surface area contributed by atoms with Gasteiger partial charge in [-0.25, -0.2) is 0 Å². The second kappa shape index (κ2) is 9.12. The van der Waals surface area contributed by atoms with Crippen LogP contribution in [-0.4, -0.2) is 49.3 Å². The van der Waals surface area contributed by atoms with Crippen LogP contribution in [0.1, 0.15) is 65.7 Å². The standard InChI is InChI=1S/C18H36N2O/c1-4-11-19-18(16-9-7-6-8-10-16)13-20-12-15(3)21-14-17(20)5-2/h15-19H,4-14H2,1-3H3. The number of ether oxygens (including phenoxy) is 1. The lowest BCUT2D eigenvalue weighted by molar-refractivity contribution is -0.0609. The fourth-order valence-electron chi connectivity index (χ4n) is 4.01. The lowest BCUT2D eigenvalue weighted by Gasteiger charge is -2.42. The lowest BCUT2D eigenvalue weighted by Crippen LogP contribution is -2.55. The highest BCUT2D eigenvalue weighted by Gasteiger charge is 2.30. The van der Waals surface area contributed by atoms with Crippen LogP contribution >= 0.6 is 0 Å². The van der Waals surface area contributed by atoms with E-state index in [1.54, 1.807) is 0 Å². The van der Waals surface area contributed by atoms with Crippen molar-refractivity contribution >= 4 is 0 Å². The molecule has 1 saturated carbocycles. The quantitative estimate of drug-likeness (QED) is 0.779. The molecule has 0 aromatic rings. The van der Waals surface area contributed by atoms with Gasteiger partial charge in [0.15, 0.2) is 0 Å². The predicted molar refractivity (Wildman–Crippen MR) is 89.7 cm³/mol. The van der Waals surface area contributed by atoms with Crippen LogP contribution in [0.25, 0.3) is 0 Å². The average molecular weight is 296 g/mol. The highest BCUT2D eigenvalue weighted by Crippen LogP contribution is 2.28. The highest BCUT2D eigenvalue weighted by atomic mass is 16.5. The number of rotatable bonds is 7. The molecule has 1 aliphatic carbocycles. The van der Waals surface area contributed by atoms with E-state index in [0.717, 1.165) is 25.6 Å². The Labute approximate surface area is 131 Å². The van der Waals surface area contributed by atoms with E-state index in [0.29, 0.717) is 18.2 Å². The number of hydrogen-bond acceptors (Lipinski definition) is 3. The molecule has 1 N–H and O–H groups in total. The van der Waals surface area contributed by atoms with Gasteiger partial charge in [0.25, 0.3) is 0 Å². The van der Waals surface area contributed by atoms with E-state index in [1.807, 2.05) is 0 Å². The summed E-state index contributed by atoms with van der Waals surface area (Å²) in [5.74, 6) is 0.890. The summed E-state index contributed by atoms with van der Waals surface area (Å²) in [7, 11) is 0. The van der Waals surface area contributed by atoms with Gasteiger partial charge >= 0.3 is 0 Å². The van der Waals surface area contributed by atoms with Crippen molar-refractivity contribution in [2.24, 2.45) is 5.92 Å². The third-order valence-corrected chi connectivity index (χ3v) is 5.36. The van der Waals surface area contributed by atoms with Gasteiger partial charge in [-0.2, -0.15) is 0 Å². The second-order valence-electron chi connectivity index (χ2n) is 7.12. The maximum Gasteiger partial charge on any atom is 0.0674 e. The van der Waals surface area contributed by atoms with Gasteiger partial charge in [0.05, 0.1) is 12.7 Å². The summed E-state index contributed by atoms with van der Waals surface area (Å²) in [6.07, 6.45) is 10.0. The molecule has 1 aliphatic heterocycles. The Morgan fingerprint density at radius 1 is 1.19 bits per heavy atom. The van der Waals surface area contributed by atoms with Crippen molar-refractivity contribution in [3.8, 4) is 0 Å². The van der Waals surface area contributed by atoms with Crippen molar-refractivity contribution in [3.63, 3.8) is 0 Å². The van der Waals surface area contributed by atoms with Crippen molar-refractivity contribution in [1.29, 1.82) is 0 Å². The Bertz CT molecular complexity index is 278. The smallest absolute Gasteiger partial charge is 0.0674 e. The molecule has 124 valence electrons. The lowest BCUT2D eigenvalue weighted by atomic mass is 9.83. The maximum atomic E-state index is 5.86. The first-order valence-corrected chi connectivity index (χ1v) is 9.33. The van der Waals surface area contributed by atoms with Crippen LogP contribution in [0.2, 0.25) is 0 Å². The van der Waals surface area contributed by atoms with Crippen LogP contribution in [0.15, 0.2) is 0 Å². The fraction of sp³-hybridized carbons (Fsp3) is 1.00. The molecule has 0 aromatic carbocycles. The first-order valence-electron chi connectivity index (χ1n) is 9.33. The number of nitrogens with zero attached hydrogens (tertiary/aromatic N) is 1. The molecule has 21 heavy (non-hydrogen) atoms. The molecule has 3 nitrogen and oxygen atoms in total. The molecule has 3 atom stereocenters. The van der Waals surface area contributed by atoms with Gasteiger partial charge in [0.2, 0.25) is 0 Å². The maximum absolute atomic E-state index is 5.86. The molecule has 1 heterocycles. The zero-order chi connectivity index (χ0) is 15.1. The Morgan fingerprint density at radius 3 is 2.62 bits per heavy atom. The van der Waals surface area contributed by atoms with E-state index in [9.17, 15) is 0 Å². The van der Waals surface area contributed by atoms with Gasteiger partial charge in [-0.3, -0.25) is 4.90 Å². The van der Waals surface area contributed by atoms with Crippen molar-refractivity contribution in [2.45, 2.75) is 83.9 Å². The zero-order valence-corrected chi connectivity index (χ0v) is 14.4. The molecule has 1 saturated heterocycles. The van der Waals surface area contributed by atoms with E-state index in [-0.39, 0.29) is 0 Å². The minimum atomic E-state index is 0.394. The van der Waals surface area contributed by atoms with Crippen molar-refractivity contribution in [2.75, 3.05) is 26.2 Å². The van der Waals surface area contributed by atoms with Crippen LogP contribution in [-0.2, 0) is 4.74 Å². The van der Waals surface area contributed by atoms with Gasteiger partial charge in [0, 0.05) is 25.2 Å². The Hall–Kier alpha value is -0.120. The molecule has 0 amide bonds. The summed E-state index contributed by atoms with van der Waals surface area (Å²) in [4.78, 5) is 2.70. The second-order valence-corrected chi connectivity index (χ2v) is 7.12. The predicted octanol–water partition coefficient (Wildman–Crippen LogP) is 3.43. The molecular weight excluding hydrogens is 260 g/mol. The SMILES string of the molecule is CCCNC(CN1CC(C)OCC1CC)C1CCCCC1. The molecule has 2 aliphatic rings. The van der Waals surface area contributed by atoms with Crippen LogP contribution in [0.5, 0.6) is 0 Å². The molecule has 3 heteroatoms. The Morgan fingerprint density at radius 2 is 1.95 bits per heavy atom. The molecular formula is C18H36N2O. The van der Waals surface area contributed by atoms with Crippen LogP contribution < -0.4 is 5.32 Å². The molecule has 0 bridgehead atoms. The molecule has 3 unspecified atom stereocenters. The van der Waals surface area contributed by atoms with Gasteiger partial charge in [0.1, 0.15) is 0 Å². The van der Waals surface area contributed by atoms with Crippen molar-refractivity contribution in [1.82, 2.24) is 10.2 Å². The van der Waals surface area contributed by atoms with E-state index in [2.05, 4.69) is 31.0 Å². The summed E-state index contributed by atoms with van der Waals surface area (Å²) < 4.78 is 5.86. The van der Waals surface area contributed by atoms with Gasteiger partial charge in [-0.1, -0.05) is 33.1 Å². The number of hydrogen-bond donors (Lipinski definition) is 1. The topological polar surface area (TPSA) is 24.5 Å². The van der Waals surface area contributed by atoms with Crippen LogP contribution in [0.4, 0.5) is 0 Å². The van der Waals surface area contributed by atoms with Crippen molar-refractivity contribution < 1.29 is 4.74 Å². The fourth-order valence-corrected chi connectivity index (χ4v) is 4.01. The summed E-state index contributed by atoms with van der Waals surface area (Å²) >= 11 is 0. The number of nitrogens with one attached hydrogen (secondary N) is 1. The molecule has 0 spiro atoms. The van der Waals surface area contributed by atoms with E-state index in [4.69, 9.17) is 4.74 Å². The van der Waals surface area contributed by atoms with Gasteiger partial charge in [-0.15, -0.1) is 0 Å². The minimum Gasteiger partial charge on any atom is -0.376 e. The zero-order valence-electron chi connectivity index (χ0n) is 14.4. The third kappa shape index (κ3) is 5.22. The largest absolute Gasteiger partial charge is 0.376 e. The average Bonchev–Trinajstić information content (AvgIpc) is 2.52.